The normalized spacial score (nSPS) is 10.8. The molecule has 0 heterocycles. The van der Waals surface area contributed by atoms with Crippen molar-refractivity contribution in [1.82, 2.24) is 0 Å². The second-order valence-electron chi connectivity index (χ2n) is 5.13. The maximum atomic E-state index is 6.43. The van der Waals surface area contributed by atoms with E-state index in [0.29, 0.717) is 5.02 Å². The number of rotatable bonds is 7. The highest BCUT2D eigenvalue weighted by molar-refractivity contribution is 9.09. The van der Waals surface area contributed by atoms with Gasteiger partial charge in [0.2, 0.25) is 0 Å². The summed E-state index contributed by atoms with van der Waals surface area (Å²) in [7, 11) is 0. The number of unbranched alkanes of at least 4 members (excludes halogenated alkanes) is 3. The number of hydrogen-bond acceptors (Lipinski definition) is 0. The van der Waals surface area contributed by atoms with Crippen molar-refractivity contribution >= 4 is 39.1 Å². The summed E-state index contributed by atoms with van der Waals surface area (Å²) in [5.74, 6) is 0. The lowest BCUT2D eigenvalue weighted by atomic mass is 9.95. The van der Waals surface area contributed by atoms with E-state index in [1.54, 1.807) is 0 Å². The largest absolute Gasteiger partial charge is 0.0928 e. The molecule has 2 rings (SSSR count). The first-order valence-corrected chi connectivity index (χ1v) is 9.19. The number of halogens is 3. The molecule has 3 heteroatoms. The van der Waals surface area contributed by atoms with Crippen molar-refractivity contribution in [2.75, 3.05) is 5.33 Å². The molecule has 0 aliphatic carbocycles. The molecule has 0 N–H and O–H groups in total. The molecule has 0 atom stereocenters. The Morgan fingerprint density at radius 1 is 0.857 bits per heavy atom. The Labute approximate surface area is 145 Å². The number of benzene rings is 2. The molecule has 0 bridgehead atoms. The molecule has 0 saturated heterocycles. The SMILES string of the molecule is Clc1cc(Cl)c(CCCCCCBr)c(-c2ccccc2)c1. The van der Waals surface area contributed by atoms with Crippen LogP contribution >= 0.6 is 39.1 Å². The van der Waals surface area contributed by atoms with E-state index in [4.69, 9.17) is 23.2 Å². The van der Waals surface area contributed by atoms with Gasteiger partial charge in [-0.2, -0.15) is 0 Å². The minimum absolute atomic E-state index is 0.696. The second kappa shape index (κ2) is 8.82. The van der Waals surface area contributed by atoms with Crippen molar-refractivity contribution in [3.8, 4) is 11.1 Å². The Hall–Kier alpha value is -0.500. The molecule has 112 valence electrons. The van der Waals surface area contributed by atoms with E-state index in [-0.39, 0.29) is 0 Å². The first-order chi connectivity index (χ1) is 10.2. The molecule has 0 fully saturated rings. The van der Waals surface area contributed by atoms with Gasteiger partial charge in [-0.05, 0) is 48.1 Å². The van der Waals surface area contributed by atoms with Crippen molar-refractivity contribution in [3.05, 3.63) is 58.1 Å². The van der Waals surface area contributed by atoms with Crippen LogP contribution in [0.4, 0.5) is 0 Å². The van der Waals surface area contributed by atoms with Crippen LogP contribution in [0, 0.1) is 0 Å². The molecule has 2 aromatic carbocycles. The van der Waals surface area contributed by atoms with Gasteiger partial charge < -0.3 is 0 Å². The zero-order valence-corrected chi connectivity index (χ0v) is 15.0. The van der Waals surface area contributed by atoms with Crippen LogP contribution in [0.3, 0.4) is 0 Å². The van der Waals surface area contributed by atoms with E-state index in [1.165, 1.54) is 30.4 Å². The van der Waals surface area contributed by atoms with Gasteiger partial charge in [-0.15, -0.1) is 0 Å². The number of alkyl halides is 1. The lowest BCUT2D eigenvalue weighted by Crippen LogP contribution is -1.93. The highest BCUT2D eigenvalue weighted by atomic mass is 79.9. The molecule has 0 spiro atoms. The smallest absolute Gasteiger partial charge is 0.0458 e. The molecule has 0 aromatic heterocycles. The summed E-state index contributed by atoms with van der Waals surface area (Å²) in [6.07, 6.45) is 5.90. The van der Waals surface area contributed by atoms with Gasteiger partial charge in [-0.3, -0.25) is 0 Å². The Morgan fingerprint density at radius 2 is 1.57 bits per heavy atom. The van der Waals surface area contributed by atoms with E-state index in [1.807, 2.05) is 30.3 Å². The quantitative estimate of drug-likeness (QED) is 0.350. The van der Waals surface area contributed by atoms with Crippen molar-refractivity contribution in [2.24, 2.45) is 0 Å². The van der Waals surface area contributed by atoms with Gasteiger partial charge >= 0.3 is 0 Å². The Kier molecular flexibility index (Phi) is 7.09. The summed E-state index contributed by atoms with van der Waals surface area (Å²) < 4.78 is 0. The van der Waals surface area contributed by atoms with Gasteiger partial charge in [0.1, 0.15) is 0 Å². The molecule has 2 aromatic rings. The molecule has 0 saturated carbocycles. The zero-order valence-electron chi connectivity index (χ0n) is 11.9. The number of hydrogen-bond donors (Lipinski definition) is 0. The molecular weight excluding hydrogens is 367 g/mol. The van der Waals surface area contributed by atoms with E-state index < -0.39 is 0 Å². The van der Waals surface area contributed by atoms with Crippen LogP contribution in [0.5, 0.6) is 0 Å². The maximum absolute atomic E-state index is 6.43. The summed E-state index contributed by atoms with van der Waals surface area (Å²) in [4.78, 5) is 0. The fourth-order valence-corrected chi connectivity index (χ4v) is 3.47. The van der Waals surface area contributed by atoms with Crippen LogP contribution in [0.1, 0.15) is 31.2 Å². The predicted octanol–water partition coefficient (Wildman–Crippen LogP) is 7.16. The fraction of sp³-hybridized carbons (Fsp3) is 0.333. The maximum Gasteiger partial charge on any atom is 0.0458 e. The molecule has 0 nitrogen and oxygen atoms in total. The lowest BCUT2D eigenvalue weighted by molar-refractivity contribution is 0.672. The molecule has 0 radical (unpaired) electrons. The summed E-state index contributed by atoms with van der Waals surface area (Å²) in [6, 6.07) is 14.2. The van der Waals surface area contributed by atoms with Crippen LogP contribution in [0.2, 0.25) is 10.0 Å². The standard InChI is InChI=1S/C18H19BrCl2/c19-11-7-2-1-6-10-16-17(12-15(20)13-18(16)21)14-8-4-3-5-9-14/h3-5,8-9,12-13H,1-2,6-7,10-11H2. The van der Waals surface area contributed by atoms with Crippen LogP contribution in [0.25, 0.3) is 11.1 Å². The van der Waals surface area contributed by atoms with E-state index in [9.17, 15) is 0 Å². The van der Waals surface area contributed by atoms with Gasteiger partial charge in [0, 0.05) is 15.4 Å². The Balaban J connectivity index is 2.19. The van der Waals surface area contributed by atoms with Crippen LogP contribution in [0.15, 0.2) is 42.5 Å². The molecule has 0 amide bonds. The van der Waals surface area contributed by atoms with E-state index in [2.05, 4.69) is 28.1 Å². The minimum atomic E-state index is 0.696. The summed E-state index contributed by atoms with van der Waals surface area (Å²) >= 11 is 16.1. The highest BCUT2D eigenvalue weighted by Gasteiger charge is 2.10. The van der Waals surface area contributed by atoms with Crippen molar-refractivity contribution in [3.63, 3.8) is 0 Å². The van der Waals surface area contributed by atoms with E-state index >= 15 is 0 Å². The van der Waals surface area contributed by atoms with Crippen molar-refractivity contribution in [1.29, 1.82) is 0 Å². The van der Waals surface area contributed by atoms with Crippen molar-refractivity contribution < 1.29 is 0 Å². The van der Waals surface area contributed by atoms with Crippen LogP contribution < -0.4 is 0 Å². The van der Waals surface area contributed by atoms with Gasteiger partial charge in [0.15, 0.2) is 0 Å². The first kappa shape index (κ1) is 16.9. The Bertz CT molecular complexity index is 567. The van der Waals surface area contributed by atoms with E-state index in [0.717, 1.165) is 28.8 Å². The summed E-state index contributed by atoms with van der Waals surface area (Å²) in [5.41, 5.74) is 3.55. The van der Waals surface area contributed by atoms with Gasteiger partial charge in [0.25, 0.3) is 0 Å². The topological polar surface area (TPSA) is 0 Å². The minimum Gasteiger partial charge on any atom is -0.0928 e. The zero-order chi connectivity index (χ0) is 15.1. The second-order valence-corrected chi connectivity index (χ2v) is 6.77. The third-order valence-electron chi connectivity index (χ3n) is 3.56. The molecule has 0 aliphatic heterocycles. The average molecular weight is 386 g/mol. The third kappa shape index (κ3) is 5.02. The Morgan fingerprint density at radius 3 is 2.29 bits per heavy atom. The summed E-state index contributed by atoms with van der Waals surface area (Å²) in [6.45, 7) is 0. The molecular formula is C18H19BrCl2. The fourth-order valence-electron chi connectivity index (χ4n) is 2.48. The third-order valence-corrected chi connectivity index (χ3v) is 4.67. The molecule has 21 heavy (non-hydrogen) atoms. The van der Waals surface area contributed by atoms with Crippen LogP contribution in [-0.4, -0.2) is 5.33 Å². The predicted molar refractivity (Wildman–Crippen MR) is 97.9 cm³/mol. The van der Waals surface area contributed by atoms with Gasteiger partial charge in [-0.25, -0.2) is 0 Å². The van der Waals surface area contributed by atoms with Crippen LogP contribution in [-0.2, 0) is 6.42 Å². The van der Waals surface area contributed by atoms with Gasteiger partial charge in [0.05, 0.1) is 0 Å². The lowest BCUT2D eigenvalue weighted by Gasteiger charge is -2.13. The van der Waals surface area contributed by atoms with Crippen molar-refractivity contribution in [2.45, 2.75) is 32.1 Å². The first-order valence-electron chi connectivity index (χ1n) is 7.31. The average Bonchev–Trinajstić information content (AvgIpc) is 2.49. The summed E-state index contributed by atoms with van der Waals surface area (Å²) in [5, 5.41) is 2.56. The molecule has 0 unspecified atom stereocenters. The molecule has 0 aliphatic rings. The highest BCUT2D eigenvalue weighted by Crippen LogP contribution is 2.33. The monoisotopic (exact) mass is 384 g/mol. The van der Waals surface area contributed by atoms with Gasteiger partial charge in [-0.1, -0.05) is 82.3 Å².